The third kappa shape index (κ3) is 3.83. The molecule has 0 radical (unpaired) electrons. The second kappa shape index (κ2) is 7.60. The quantitative estimate of drug-likeness (QED) is 0.832. The van der Waals surface area contributed by atoms with E-state index in [1.54, 1.807) is 24.3 Å². The number of hydrogen-bond acceptors (Lipinski definition) is 3. The van der Waals surface area contributed by atoms with Crippen LogP contribution in [0.25, 0.3) is 6.08 Å². The van der Waals surface area contributed by atoms with E-state index in [9.17, 15) is 4.79 Å². The maximum Gasteiger partial charge on any atom is 0.244 e. The molecule has 0 fully saturated rings. The van der Waals surface area contributed by atoms with Gasteiger partial charge in [0.15, 0.2) is 11.5 Å². The van der Waals surface area contributed by atoms with Crippen molar-refractivity contribution in [3.63, 3.8) is 0 Å². The van der Waals surface area contributed by atoms with Crippen molar-refractivity contribution >= 4 is 35.2 Å². The van der Waals surface area contributed by atoms with Crippen molar-refractivity contribution in [1.82, 2.24) is 5.32 Å². The Morgan fingerprint density at radius 3 is 2.79 bits per heavy atom. The molecule has 0 saturated carbocycles. The molecule has 0 aromatic heterocycles. The minimum Gasteiger partial charge on any atom is -0.486 e. The fourth-order valence-corrected chi connectivity index (χ4v) is 2.70. The molecule has 1 heterocycles. The number of ether oxygens (including phenoxy) is 2. The Kier molecular flexibility index (Phi) is 5.28. The third-order valence-corrected chi connectivity index (χ3v) is 4.33. The van der Waals surface area contributed by atoms with Gasteiger partial charge in [-0.05, 0) is 23.8 Å². The van der Waals surface area contributed by atoms with Crippen LogP contribution in [0.15, 0.2) is 42.5 Å². The molecule has 2 aromatic rings. The van der Waals surface area contributed by atoms with Gasteiger partial charge in [-0.1, -0.05) is 47.5 Å². The molecule has 1 N–H and O–H groups in total. The lowest BCUT2D eigenvalue weighted by molar-refractivity contribution is -0.116. The van der Waals surface area contributed by atoms with Crippen LogP contribution in [0.4, 0.5) is 0 Å². The fourth-order valence-electron chi connectivity index (χ4n) is 2.33. The minimum atomic E-state index is -0.236. The molecule has 1 aliphatic heterocycles. The Balaban J connectivity index is 1.64. The Hall–Kier alpha value is -2.17. The largest absolute Gasteiger partial charge is 0.486 e. The molecule has 3 rings (SSSR count). The molecule has 2 aromatic carbocycles. The molecule has 6 heteroatoms. The molecule has 0 saturated heterocycles. The molecule has 124 valence electrons. The highest BCUT2D eigenvalue weighted by Gasteiger charge is 2.15. The molecule has 0 spiro atoms. The highest BCUT2D eigenvalue weighted by molar-refractivity contribution is 6.42. The number of amides is 1. The lowest BCUT2D eigenvalue weighted by Gasteiger charge is -2.20. The van der Waals surface area contributed by atoms with Gasteiger partial charge in [-0.3, -0.25) is 4.79 Å². The lowest BCUT2D eigenvalue weighted by atomic mass is 10.1. The summed E-state index contributed by atoms with van der Waals surface area (Å²) in [5, 5.41) is 3.69. The summed E-state index contributed by atoms with van der Waals surface area (Å²) < 4.78 is 11.1. The average Bonchev–Trinajstić information content (AvgIpc) is 2.61. The zero-order chi connectivity index (χ0) is 16.9. The molecular formula is C18H15Cl2NO3. The molecular weight excluding hydrogens is 349 g/mol. The Bertz CT molecular complexity index is 790. The molecule has 0 atom stereocenters. The van der Waals surface area contributed by atoms with Crippen LogP contribution in [-0.4, -0.2) is 19.1 Å². The summed E-state index contributed by atoms with van der Waals surface area (Å²) in [5.74, 6) is 1.15. The smallest absolute Gasteiger partial charge is 0.244 e. The topological polar surface area (TPSA) is 47.6 Å². The molecule has 4 nitrogen and oxygen atoms in total. The van der Waals surface area contributed by atoms with Gasteiger partial charge in [0.2, 0.25) is 5.91 Å². The standard InChI is InChI=1S/C18H15Cl2NO3/c19-14-5-1-3-12(17(14)20)7-8-16(22)21-11-13-4-2-6-15-18(13)24-10-9-23-15/h1-8H,9-11H2,(H,21,22)/b8-7+. The molecule has 0 unspecified atom stereocenters. The van der Waals surface area contributed by atoms with Gasteiger partial charge in [-0.2, -0.15) is 0 Å². The van der Waals surface area contributed by atoms with Crippen LogP contribution in [0, 0.1) is 0 Å². The van der Waals surface area contributed by atoms with Crippen molar-refractivity contribution < 1.29 is 14.3 Å². The van der Waals surface area contributed by atoms with E-state index in [2.05, 4.69) is 5.32 Å². The number of halogens is 2. The first-order chi connectivity index (χ1) is 11.6. The van der Waals surface area contributed by atoms with E-state index in [1.807, 2.05) is 18.2 Å². The molecule has 1 aliphatic rings. The van der Waals surface area contributed by atoms with Crippen LogP contribution in [0.3, 0.4) is 0 Å². The van der Waals surface area contributed by atoms with Crippen molar-refractivity contribution in [2.75, 3.05) is 13.2 Å². The minimum absolute atomic E-state index is 0.236. The van der Waals surface area contributed by atoms with Crippen molar-refractivity contribution in [3.8, 4) is 11.5 Å². The number of carbonyl (C=O) groups excluding carboxylic acids is 1. The lowest BCUT2D eigenvalue weighted by Crippen LogP contribution is -2.22. The highest BCUT2D eigenvalue weighted by atomic mass is 35.5. The number of rotatable bonds is 4. The van der Waals surface area contributed by atoms with Crippen LogP contribution in [0.5, 0.6) is 11.5 Å². The Morgan fingerprint density at radius 2 is 1.92 bits per heavy atom. The van der Waals surface area contributed by atoms with Gasteiger partial charge in [-0.25, -0.2) is 0 Å². The number of carbonyl (C=O) groups is 1. The van der Waals surface area contributed by atoms with E-state index in [-0.39, 0.29) is 5.91 Å². The van der Waals surface area contributed by atoms with Crippen molar-refractivity contribution in [2.45, 2.75) is 6.54 Å². The van der Waals surface area contributed by atoms with Crippen LogP contribution in [0.1, 0.15) is 11.1 Å². The number of para-hydroxylation sites is 1. The predicted molar refractivity (Wildman–Crippen MR) is 94.8 cm³/mol. The van der Waals surface area contributed by atoms with Crippen molar-refractivity contribution in [3.05, 3.63) is 63.6 Å². The van der Waals surface area contributed by atoms with Crippen molar-refractivity contribution in [1.29, 1.82) is 0 Å². The number of hydrogen-bond donors (Lipinski definition) is 1. The summed E-state index contributed by atoms with van der Waals surface area (Å²) in [5.41, 5.74) is 1.56. The van der Waals surface area contributed by atoms with Gasteiger partial charge in [0.1, 0.15) is 13.2 Å². The molecule has 0 aliphatic carbocycles. The highest BCUT2D eigenvalue weighted by Crippen LogP contribution is 2.33. The van der Waals surface area contributed by atoms with Gasteiger partial charge in [0, 0.05) is 18.2 Å². The van der Waals surface area contributed by atoms with Gasteiger partial charge in [-0.15, -0.1) is 0 Å². The first-order valence-corrected chi connectivity index (χ1v) is 8.18. The van der Waals surface area contributed by atoms with E-state index in [4.69, 9.17) is 32.7 Å². The predicted octanol–water partition coefficient (Wildman–Crippen LogP) is 4.09. The van der Waals surface area contributed by atoms with E-state index in [0.717, 1.165) is 5.56 Å². The van der Waals surface area contributed by atoms with Crippen LogP contribution in [-0.2, 0) is 11.3 Å². The van der Waals surface area contributed by atoms with Crippen LogP contribution in [0.2, 0.25) is 10.0 Å². The second-order valence-electron chi connectivity index (χ2n) is 5.14. The third-order valence-electron chi connectivity index (χ3n) is 3.50. The first kappa shape index (κ1) is 16.7. The second-order valence-corrected chi connectivity index (χ2v) is 5.92. The van der Waals surface area contributed by atoms with Gasteiger partial charge in [0.25, 0.3) is 0 Å². The van der Waals surface area contributed by atoms with Crippen LogP contribution >= 0.6 is 23.2 Å². The summed E-state index contributed by atoms with van der Waals surface area (Å²) in [7, 11) is 0. The summed E-state index contributed by atoms with van der Waals surface area (Å²) in [6.45, 7) is 1.38. The SMILES string of the molecule is O=C(/C=C/c1cccc(Cl)c1Cl)NCc1cccc2c1OCCO2. The summed E-state index contributed by atoms with van der Waals surface area (Å²) in [4.78, 5) is 12.0. The molecule has 1 amide bonds. The summed E-state index contributed by atoms with van der Waals surface area (Å²) in [6.07, 6.45) is 3.05. The normalized spacial score (nSPS) is 13.1. The van der Waals surface area contributed by atoms with E-state index >= 15 is 0 Å². The first-order valence-electron chi connectivity index (χ1n) is 7.42. The van der Waals surface area contributed by atoms with E-state index in [0.29, 0.717) is 46.9 Å². The number of nitrogens with one attached hydrogen (secondary N) is 1. The molecule has 0 bridgehead atoms. The van der Waals surface area contributed by atoms with E-state index < -0.39 is 0 Å². The Labute approximate surface area is 150 Å². The monoisotopic (exact) mass is 363 g/mol. The van der Waals surface area contributed by atoms with Gasteiger partial charge in [0.05, 0.1) is 10.0 Å². The molecule has 24 heavy (non-hydrogen) atoms. The fraction of sp³-hybridized carbons (Fsp3) is 0.167. The summed E-state index contributed by atoms with van der Waals surface area (Å²) in [6, 6.07) is 10.9. The van der Waals surface area contributed by atoms with E-state index in [1.165, 1.54) is 6.08 Å². The van der Waals surface area contributed by atoms with Crippen molar-refractivity contribution in [2.24, 2.45) is 0 Å². The maximum atomic E-state index is 12.0. The maximum absolute atomic E-state index is 12.0. The number of benzene rings is 2. The Morgan fingerprint density at radius 1 is 1.12 bits per heavy atom. The summed E-state index contributed by atoms with van der Waals surface area (Å²) >= 11 is 12.0. The average molecular weight is 364 g/mol. The van der Waals surface area contributed by atoms with Gasteiger partial charge < -0.3 is 14.8 Å². The zero-order valence-corrected chi connectivity index (χ0v) is 14.2. The van der Waals surface area contributed by atoms with Crippen LogP contribution < -0.4 is 14.8 Å². The zero-order valence-electron chi connectivity index (χ0n) is 12.7. The van der Waals surface area contributed by atoms with Gasteiger partial charge >= 0.3 is 0 Å². The number of fused-ring (bicyclic) bond motifs is 1.